The van der Waals surface area contributed by atoms with Crippen molar-refractivity contribution >= 4 is 17.2 Å². The van der Waals surface area contributed by atoms with Gasteiger partial charge in [-0.3, -0.25) is 9.89 Å². The highest BCUT2D eigenvalue weighted by atomic mass is 32.1. The fourth-order valence-electron chi connectivity index (χ4n) is 2.76. The number of H-pyrrole nitrogens is 1. The first-order chi connectivity index (χ1) is 10.8. The Morgan fingerprint density at radius 1 is 1.27 bits per heavy atom. The van der Waals surface area contributed by atoms with Crippen molar-refractivity contribution in [3.8, 4) is 16.3 Å². The molecule has 3 aromatic rings. The zero-order chi connectivity index (χ0) is 15.1. The number of nitrogens with one attached hydrogen (secondary N) is 2. The lowest BCUT2D eigenvalue weighted by Gasteiger charge is -2.14. The molecule has 2 N–H and O–H groups in total. The highest BCUT2D eigenvalue weighted by Crippen LogP contribution is 2.38. The van der Waals surface area contributed by atoms with Crippen LogP contribution in [0.4, 0.5) is 0 Å². The second-order valence-electron chi connectivity index (χ2n) is 5.02. The number of fused-ring (bicyclic) bond motifs is 1. The van der Waals surface area contributed by atoms with Gasteiger partial charge in [0.2, 0.25) is 0 Å². The molecule has 1 aliphatic rings. The van der Waals surface area contributed by atoms with Gasteiger partial charge in [-0.15, -0.1) is 11.3 Å². The number of carbonyl (C=O) groups is 1. The Morgan fingerprint density at radius 3 is 2.95 bits per heavy atom. The van der Waals surface area contributed by atoms with Crippen molar-refractivity contribution in [2.75, 3.05) is 7.11 Å². The number of aromatic nitrogens is 2. The minimum absolute atomic E-state index is 0.151. The third kappa shape index (κ3) is 1.92. The number of amides is 1. The second kappa shape index (κ2) is 4.99. The van der Waals surface area contributed by atoms with E-state index < -0.39 is 0 Å². The predicted molar refractivity (Wildman–Crippen MR) is 84.2 cm³/mol. The predicted octanol–water partition coefficient (Wildman–Crippen LogP) is 2.98. The first-order valence-corrected chi connectivity index (χ1v) is 7.73. The summed E-state index contributed by atoms with van der Waals surface area (Å²) >= 11 is 1.62. The van der Waals surface area contributed by atoms with Crippen LogP contribution in [0.2, 0.25) is 0 Å². The monoisotopic (exact) mass is 311 g/mol. The van der Waals surface area contributed by atoms with Gasteiger partial charge in [0.15, 0.2) is 5.69 Å². The highest BCUT2D eigenvalue weighted by molar-refractivity contribution is 7.13. The molecule has 22 heavy (non-hydrogen) atoms. The number of rotatable bonds is 3. The third-order valence-electron chi connectivity index (χ3n) is 3.78. The van der Waals surface area contributed by atoms with Crippen LogP contribution in [0.15, 0.2) is 41.8 Å². The summed E-state index contributed by atoms with van der Waals surface area (Å²) in [6, 6.07) is 11.5. The summed E-state index contributed by atoms with van der Waals surface area (Å²) in [4.78, 5) is 13.2. The van der Waals surface area contributed by atoms with Gasteiger partial charge in [-0.1, -0.05) is 18.2 Å². The van der Waals surface area contributed by atoms with Crippen LogP contribution in [0, 0.1) is 0 Å². The molecule has 0 radical (unpaired) electrons. The van der Waals surface area contributed by atoms with Crippen molar-refractivity contribution in [1.29, 1.82) is 0 Å². The molecular formula is C16H13N3O2S. The van der Waals surface area contributed by atoms with Gasteiger partial charge in [-0.05, 0) is 29.1 Å². The van der Waals surface area contributed by atoms with Crippen LogP contribution in [-0.4, -0.2) is 23.2 Å². The van der Waals surface area contributed by atoms with E-state index in [9.17, 15) is 4.79 Å². The molecular weight excluding hydrogens is 298 g/mol. The molecule has 2 aromatic heterocycles. The summed E-state index contributed by atoms with van der Waals surface area (Å²) in [7, 11) is 1.63. The average Bonchev–Trinajstić information content (AvgIpc) is 3.25. The van der Waals surface area contributed by atoms with Crippen LogP contribution in [0.25, 0.3) is 10.6 Å². The number of thiophene rings is 1. The van der Waals surface area contributed by atoms with Gasteiger partial charge in [-0.2, -0.15) is 5.10 Å². The van der Waals surface area contributed by atoms with E-state index in [-0.39, 0.29) is 11.9 Å². The van der Waals surface area contributed by atoms with Gasteiger partial charge in [0.25, 0.3) is 5.91 Å². The molecule has 0 bridgehead atoms. The SMILES string of the molecule is COc1cccc([C@@H]2NC(=O)c3n[nH]c(-c4cccs4)c32)c1. The second-order valence-corrected chi connectivity index (χ2v) is 5.97. The number of methoxy groups -OCH3 is 1. The van der Waals surface area contributed by atoms with Crippen molar-refractivity contribution in [1.82, 2.24) is 15.5 Å². The van der Waals surface area contributed by atoms with E-state index >= 15 is 0 Å². The number of carbonyl (C=O) groups excluding carboxylic acids is 1. The van der Waals surface area contributed by atoms with E-state index in [1.54, 1.807) is 18.4 Å². The highest BCUT2D eigenvalue weighted by Gasteiger charge is 2.36. The lowest BCUT2D eigenvalue weighted by molar-refractivity contribution is 0.0955. The van der Waals surface area contributed by atoms with E-state index in [4.69, 9.17) is 4.74 Å². The Balaban J connectivity index is 1.85. The normalized spacial score (nSPS) is 16.4. The maximum absolute atomic E-state index is 12.2. The molecule has 110 valence electrons. The number of nitrogens with zero attached hydrogens (tertiary/aromatic N) is 1. The summed E-state index contributed by atoms with van der Waals surface area (Å²) in [6.45, 7) is 0. The quantitative estimate of drug-likeness (QED) is 0.781. The summed E-state index contributed by atoms with van der Waals surface area (Å²) in [6.07, 6.45) is 0. The first-order valence-electron chi connectivity index (χ1n) is 6.85. The van der Waals surface area contributed by atoms with E-state index in [1.165, 1.54) is 0 Å². The van der Waals surface area contributed by atoms with Gasteiger partial charge >= 0.3 is 0 Å². The van der Waals surface area contributed by atoms with E-state index in [1.807, 2.05) is 41.8 Å². The molecule has 1 aliphatic heterocycles. The van der Waals surface area contributed by atoms with Crippen LogP contribution in [0.3, 0.4) is 0 Å². The van der Waals surface area contributed by atoms with Gasteiger partial charge in [0, 0.05) is 5.56 Å². The van der Waals surface area contributed by atoms with Gasteiger partial charge in [0.05, 0.1) is 23.7 Å². The summed E-state index contributed by atoms with van der Waals surface area (Å²) in [5.74, 6) is 0.614. The van der Waals surface area contributed by atoms with Crippen LogP contribution in [0.5, 0.6) is 5.75 Å². The van der Waals surface area contributed by atoms with E-state index in [2.05, 4.69) is 15.5 Å². The summed E-state index contributed by atoms with van der Waals surface area (Å²) in [5.41, 5.74) is 3.25. The minimum atomic E-state index is -0.214. The first kappa shape index (κ1) is 13.1. The van der Waals surface area contributed by atoms with Crippen molar-refractivity contribution in [3.63, 3.8) is 0 Å². The lowest BCUT2D eigenvalue weighted by Crippen LogP contribution is -2.21. The largest absolute Gasteiger partial charge is 0.497 e. The molecule has 0 aliphatic carbocycles. The van der Waals surface area contributed by atoms with Gasteiger partial charge in [0.1, 0.15) is 5.75 Å². The average molecular weight is 311 g/mol. The fraction of sp³-hybridized carbons (Fsp3) is 0.125. The van der Waals surface area contributed by atoms with Crippen molar-refractivity contribution in [2.45, 2.75) is 6.04 Å². The molecule has 0 saturated heterocycles. The molecule has 1 amide bonds. The van der Waals surface area contributed by atoms with Crippen LogP contribution in [-0.2, 0) is 0 Å². The fourth-order valence-corrected chi connectivity index (χ4v) is 3.49. The zero-order valence-electron chi connectivity index (χ0n) is 11.8. The molecule has 1 atom stereocenters. The van der Waals surface area contributed by atoms with Crippen molar-refractivity contribution < 1.29 is 9.53 Å². The molecule has 0 fully saturated rings. The molecule has 0 unspecified atom stereocenters. The number of aromatic amines is 1. The topological polar surface area (TPSA) is 67.0 Å². The van der Waals surface area contributed by atoms with Crippen molar-refractivity contribution in [2.24, 2.45) is 0 Å². The Hall–Kier alpha value is -2.60. The third-order valence-corrected chi connectivity index (χ3v) is 4.67. The van der Waals surface area contributed by atoms with Crippen molar-refractivity contribution in [3.05, 3.63) is 58.6 Å². The standard InChI is InChI=1S/C16H13N3O2S/c1-21-10-5-2-4-9(8-10)13-12-14(11-6-3-7-22-11)18-19-15(12)16(20)17-13/h2-8,13H,1H3,(H,17,20)(H,18,19)/t13-/m0/s1. The maximum atomic E-state index is 12.2. The van der Waals surface area contributed by atoms with Crippen LogP contribution in [0.1, 0.15) is 27.7 Å². The molecule has 5 nitrogen and oxygen atoms in total. The van der Waals surface area contributed by atoms with E-state index in [0.29, 0.717) is 5.69 Å². The zero-order valence-corrected chi connectivity index (χ0v) is 12.6. The lowest BCUT2D eigenvalue weighted by atomic mass is 9.99. The molecule has 6 heteroatoms. The minimum Gasteiger partial charge on any atom is -0.497 e. The number of ether oxygens (including phenoxy) is 1. The molecule has 1 aromatic carbocycles. The molecule has 3 heterocycles. The van der Waals surface area contributed by atoms with Crippen LogP contribution >= 0.6 is 11.3 Å². The van der Waals surface area contributed by atoms with Crippen LogP contribution < -0.4 is 10.1 Å². The molecule has 4 rings (SSSR count). The number of hydrogen-bond acceptors (Lipinski definition) is 4. The molecule has 0 spiro atoms. The Labute approximate surface area is 130 Å². The Kier molecular flexibility index (Phi) is 2.97. The molecule has 0 saturated carbocycles. The Bertz CT molecular complexity index is 839. The maximum Gasteiger partial charge on any atom is 0.272 e. The van der Waals surface area contributed by atoms with E-state index in [0.717, 1.165) is 27.4 Å². The Morgan fingerprint density at radius 2 is 2.18 bits per heavy atom. The van der Waals surface area contributed by atoms with Gasteiger partial charge in [-0.25, -0.2) is 0 Å². The smallest absolute Gasteiger partial charge is 0.272 e. The summed E-state index contributed by atoms with van der Waals surface area (Å²) < 4.78 is 5.28. The summed E-state index contributed by atoms with van der Waals surface area (Å²) in [5, 5.41) is 12.2. The van der Waals surface area contributed by atoms with Gasteiger partial charge < -0.3 is 10.1 Å². The number of hydrogen-bond donors (Lipinski definition) is 2. The number of benzene rings is 1.